The van der Waals surface area contributed by atoms with Crippen LogP contribution >= 0.6 is 23.2 Å². The molecule has 2 aromatic heterocycles. The van der Waals surface area contributed by atoms with Crippen LogP contribution in [-0.2, 0) is 17.7 Å². The topological polar surface area (TPSA) is 88.1 Å². The summed E-state index contributed by atoms with van der Waals surface area (Å²) >= 11 is 11.8. The van der Waals surface area contributed by atoms with Crippen molar-refractivity contribution in [1.29, 1.82) is 0 Å². The van der Waals surface area contributed by atoms with Gasteiger partial charge in [-0.3, -0.25) is 14.7 Å². The second-order valence-electron chi connectivity index (χ2n) is 5.21. The maximum absolute atomic E-state index is 13.1. The summed E-state index contributed by atoms with van der Waals surface area (Å²) in [5.74, 6) is -0.525. The molecule has 0 unspecified atom stereocenters. The normalized spacial score (nSPS) is 30.8. The summed E-state index contributed by atoms with van der Waals surface area (Å²) in [6, 6.07) is 1.94. The second kappa shape index (κ2) is 8.48. The summed E-state index contributed by atoms with van der Waals surface area (Å²) < 4.78 is 118. The summed E-state index contributed by atoms with van der Waals surface area (Å²) in [5.41, 5.74) is -2.58. The third-order valence-electron chi connectivity index (χ3n) is 3.38. The van der Waals surface area contributed by atoms with Crippen molar-refractivity contribution >= 4 is 40.3 Å². The number of ether oxygens (including phenoxy) is 1. The number of hydrogen-bond acceptors (Lipinski definition) is 6. The first-order valence-electron chi connectivity index (χ1n) is 14.6. The molecule has 8 nitrogen and oxygen atoms in total. The van der Waals surface area contributed by atoms with Crippen molar-refractivity contribution in [3.63, 3.8) is 0 Å². The van der Waals surface area contributed by atoms with E-state index in [0.717, 1.165) is 12.1 Å². The number of hydrogen-bond donors (Lipinski definition) is 2. The van der Waals surface area contributed by atoms with E-state index in [-0.39, 0.29) is 26.6 Å². The molecule has 0 bridgehead atoms. The fraction of sp³-hybridized carbons (Fsp3) is 0.389. The molecule has 0 spiro atoms. The average molecular weight is 437 g/mol. The molecule has 0 atom stereocenters. The number of anilines is 1. The Labute approximate surface area is 191 Å². The molecule has 148 valence electrons. The van der Waals surface area contributed by atoms with Crippen LogP contribution in [0.15, 0.2) is 29.3 Å². The van der Waals surface area contributed by atoms with Crippen LogP contribution < -0.4 is 10.9 Å². The highest BCUT2D eigenvalue weighted by molar-refractivity contribution is 6.42. The Balaban J connectivity index is 1.76. The first-order chi connectivity index (χ1) is 18.9. The van der Waals surface area contributed by atoms with Crippen LogP contribution in [0.1, 0.15) is 24.8 Å². The lowest BCUT2D eigenvalue weighted by molar-refractivity contribution is 0.0365. The molecule has 0 saturated carbocycles. The second-order valence-corrected chi connectivity index (χ2v) is 5.99. The molecule has 1 fully saturated rings. The Kier molecular flexibility index (Phi) is 2.64. The maximum atomic E-state index is 13.1. The van der Waals surface area contributed by atoms with E-state index in [0.29, 0.717) is 4.57 Å². The summed E-state index contributed by atoms with van der Waals surface area (Å²) in [4.78, 5) is 22.8. The predicted octanol–water partition coefficient (Wildman–Crippen LogP) is 2.37. The highest BCUT2D eigenvalue weighted by Crippen LogP contribution is 2.22. The molecule has 0 aliphatic carbocycles. The van der Waals surface area contributed by atoms with Crippen molar-refractivity contribution in [3.8, 4) is 0 Å². The quantitative estimate of drug-likeness (QED) is 0.616. The monoisotopic (exact) mass is 436 g/mol. The fourth-order valence-corrected chi connectivity index (χ4v) is 2.42. The lowest BCUT2D eigenvalue weighted by Gasteiger charge is -2.26. The molecular weight excluding hydrogens is 403 g/mol. The van der Waals surface area contributed by atoms with Gasteiger partial charge in [0.25, 0.3) is 5.56 Å². The van der Waals surface area contributed by atoms with Crippen molar-refractivity contribution in [3.05, 3.63) is 50.4 Å². The molecule has 0 radical (unpaired) electrons. The molecule has 1 aromatic carbocycles. The molecule has 1 aliphatic rings. The van der Waals surface area contributed by atoms with E-state index in [1.807, 2.05) is 0 Å². The van der Waals surface area contributed by atoms with E-state index >= 15 is 0 Å². The van der Waals surface area contributed by atoms with Crippen LogP contribution in [0.25, 0.3) is 11.2 Å². The van der Waals surface area contributed by atoms with Crippen molar-refractivity contribution in [2.45, 2.75) is 13.0 Å². The van der Waals surface area contributed by atoms with Crippen LogP contribution in [0.2, 0.25) is 10.0 Å². The first kappa shape index (κ1) is 8.71. The third kappa shape index (κ3) is 4.30. The Morgan fingerprint density at radius 2 is 2.21 bits per heavy atom. The smallest absolute Gasteiger partial charge is 0.278 e. The van der Waals surface area contributed by atoms with Crippen molar-refractivity contribution < 1.29 is 23.9 Å². The lowest BCUT2D eigenvalue weighted by atomic mass is 10.2. The minimum Gasteiger partial charge on any atom is -0.379 e. The number of H-pyrrole nitrogens is 1. The van der Waals surface area contributed by atoms with Gasteiger partial charge in [-0.05, 0) is 17.7 Å². The van der Waals surface area contributed by atoms with Crippen LogP contribution in [0.5, 0.6) is 0 Å². The van der Waals surface area contributed by atoms with E-state index in [1.54, 1.807) is 0 Å². The largest absolute Gasteiger partial charge is 0.379 e. The number of nitrogens with one attached hydrogen (secondary N) is 2. The summed E-state index contributed by atoms with van der Waals surface area (Å²) in [6.07, 6.45) is -0.947. The standard InChI is InChI=1S/C18H20Cl2N6O2/c19-13-2-1-12(9-14(13)20)10-21-18-23-16-15(17(27)24-18)26(11-22-16)4-3-25-5-7-28-8-6-25/h1-2,9,11H,3-8,10H2,(H2,21,23,24,27)/i2D,4D2,5D2,6D2,7D2,8D2,10D2,11D. The maximum Gasteiger partial charge on any atom is 0.278 e. The highest BCUT2D eigenvalue weighted by atomic mass is 35.5. The van der Waals surface area contributed by atoms with Crippen LogP contribution in [0, 0.1) is 0 Å². The van der Waals surface area contributed by atoms with Gasteiger partial charge in [-0.1, -0.05) is 29.3 Å². The van der Waals surface area contributed by atoms with Gasteiger partial charge in [-0.25, -0.2) is 4.98 Å². The molecule has 0 amide bonds. The van der Waals surface area contributed by atoms with Gasteiger partial charge in [-0.15, -0.1) is 0 Å². The minimum atomic E-state index is -3.45. The van der Waals surface area contributed by atoms with Gasteiger partial charge >= 0.3 is 0 Å². The third-order valence-corrected chi connectivity index (χ3v) is 4.09. The number of aromatic nitrogens is 4. The summed E-state index contributed by atoms with van der Waals surface area (Å²) in [5, 5.41) is 2.06. The van der Waals surface area contributed by atoms with Gasteiger partial charge in [-0.2, -0.15) is 4.98 Å². The first-order valence-corrected chi connectivity index (χ1v) is 8.33. The van der Waals surface area contributed by atoms with Gasteiger partial charge in [0.05, 0.1) is 41.8 Å². The van der Waals surface area contributed by atoms with E-state index in [4.69, 9.17) is 42.4 Å². The Hall–Kier alpha value is -2.13. The molecule has 2 N–H and O–H groups in total. The van der Waals surface area contributed by atoms with Crippen LogP contribution in [-0.4, -0.2) is 57.1 Å². The number of halogens is 2. The number of nitrogens with zero attached hydrogens (tertiary/aromatic N) is 4. The van der Waals surface area contributed by atoms with E-state index in [1.165, 1.54) is 0 Å². The Bertz CT molecular complexity index is 1580. The van der Waals surface area contributed by atoms with Gasteiger partial charge in [0.1, 0.15) is 1.37 Å². The molecule has 3 heterocycles. The summed E-state index contributed by atoms with van der Waals surface area (Å²) in [6.45, 7) is -20.8. The SMILES string of the molecule is [2H]c1cc(C([2H])([2H])Nc2nc3nc([2H])n(C([2H])([2H])CN4C([2H])([2H])C([2H])([2H])OC([2H])([2H])C4([2H])[2H])c3c(=O)[nH]2)cc(Cl)c1Cl. The zero-order chi connectivity index (χ0) is 32.0. The lowest BCUT2D eigenvalue weighted by Crippen LogP contribution is -2.38. The average Bonchev–Trinajstić information content (AvgIpc) is 3.15. The van der Waals surface area contributed by atoms with E-state index < -0.39 is 74.6 Å². The van der Waals surface area contributed by atoms with Crippen LogP contribution in [0.3, 0.4) is 0 Å². The molecule has 1 aliphatic heterocycles. The molecule has 10 heteroatoms. The summed E-state index contributed by atoms with van der Waals surface area (Å²) in [7, 11) is 0. The minimum absolute atomic E-state index is 0.0708. The molecule has 3 aromatic rings. The predicted molar refractivity (Wildman–Crippen MR) is 109 cm³/mol. The molecule has 28 heavy (non-hydrogen) atoms. The Morgan fingerprint density at radius 3 is 3.00 bits per heavy atom. The van der Waals surface area contributed by atoms with Gasteiger partial charge in [0.2, 0.25) is 5.95 Å². The fourth-order valence-electron chi connectivity index (χ4n) is 2.14. The van der Waals surface area contributed by atoms with Crippen molar-refractivity contribution in [2.24, 2.45) is 0 Å². The number of fused-ring (bicyclic) bond motifs is 1. The van der Waals surface area contributed by atoms with E-state index in [9.17, 15) is 4.79 Å². The van der Waals surface area contributed by atoms with Crippen LogP contribution in [0.4, 0.5) is 5.95 Å². The zero-order valence-corrected chi connectivity index (χ0v) is 15.2. The number of aromatic amines is 1. The number of rotatable bonds is 6. The van der Waals surface area contributed by atoms with Gasteiger partial charge in [0.15, 0.2) is 11.2 Å². The van der Waals surface area contributed by atoms with E-state index in [2.05, 4.69) is 25.0 Å². The zero-order valence-electron chi connectivity index (χ0n) is 27.7. The number of morpholine rings is 1. The molecule has 1 saturated heterocycles. The molecule has 4 rings (SSSR count). The molecular formula is C18H20Cl2N6O2. The highest BCUT2D eigenvalue weighted by Gasteiger charge is 2.14. The van der Waals surface area contributed by atoms with Gasteiger partial charge in [0, 0.05) is 38.0 Å². The number of benzene rings is 1. The number of imidazole rings is 1. The van der Waals surface area contributed by atoms with Crippen molar-refractivity contribution in [2.75, 3.05) is 38.0 Å². The Morgan fingerprint density at radius 1 is 1.39 bits per heavy atom. The van der Waals surface area contributed by atoms with Crippen molar-refractivity contribution in [1.82, 2.24) is 24.4 Å². The van der Waals surface area contributed by atoms with Gasteiger partial charge < -0.3 is 14.6 Å².